The Balaban J connectivity index is 1.27. The molecule has 1 aromatic rings. The van der Waals surface area contributed by atoms with Crippen molar-refractivity contribution in [3.63, 3.8) is 0 Å². The third-order valence-corrected chi connectivity index (χ3v) is 7.04. The second kappa shape index (κ2) is 9.63. The average Bonchev–Trinajstić information content (AvgIpc) is 2.76. The molecule has 8 heteroatoms. The molecule has 4 rings (SSSR count). The van der Waals surface area contributed by atoms with Crippen molar-refractivity contribution in [3.05, 3.63) is 29.6 Å². The van der Waals surface area contributed by atoms with E-state index in [4.69, 9.17) is 0 Å². The van der Waals surface area contributed by atoms with Crippen LogP contribution in [0.15, 0.2) is 18.2 Å². The number of benzene rings is 1. The predicted octanol–water partition coefficient (Wildman–Crippen LogP) is 1.73. The zero-order chi connectivity index (χ0) is 21.8. The zero-order valence-corrected chi connectivity index (χ0v) is 18.0. The van der Waals surface area contributed by atoms with Crippen molar-refractivity contribution in [1.29, 1.82) is 0 Å². The molecule has 0 radical (unpaired) electrons. The standard InChI is InChI=1S/C23H33FN4O3/c24-19-15-17(26-20-3-4-21(29)27-22(20)30)1-2-18(19)16-5-12-28(13-6-16)14-9-23(31)7-10-25-11-8-23/h1-2,15-16,20,25-26,31H,3-14H2,(H,27,29,30). The molecule has 0 aliphatic carbocycles. The van der Waals surface area contributed by atoms with Gasteiger partial charge in [0.15, 0.2) is 0 Å². The highest BCUT2D eigenvalue weighted by atomic mass is 19.1. The fourth-order valence-corrected chi connectivity index (χ4v) is 4.96. The Kier molecular flexibility index (Phi) is 6.89. The lowest BCUT2D eigenvalue weighted by Crippen LogP contribution is -2.47. The first kappa shape index (κ1) is 22.2. The van der Waals surface area contributed by atoms with Crippen LogP contribution in [0.25, 0.3) is 0 Å². The number of carbonyl (C=O) groups is 2. The number of nitrogens with zero attached hydrogens (tertiary/aromatic N) is 1. The highest BCUT2D eigenvalue weighted by Crippen LogP contribution is 2.32. The molecular weight excluding hydrogens is 399 g/mol. The first-order valence-electron chi connectivity index (χ1n) is 11.5. The van der Waals surface area contributed by atoms with Crippen LogP contribution in [0, 0.1) is 5.82 Å². The lowest BCUT2D eigenvalue weighted by molar-refractivity contribution is -0.133. The van der Waals surface area contributed by atoms with Crippen LogP contribution in [0.5, 0.6) is 0 Å². The molecule has 3 heterocycles. The molecule has 0 aromatic heterocycles. The number of hydrogen-bond donors (Lipinski definition) is 4. The number of aliphatic hydroxyl groups is 1. The van der Waals surface area contributed by atoms with Crippen molar-refractivity contribution >= 4 is 17.5 Å². The van der Waals surface area contributed by atoms with E-state index < -0.39 is 11.6 Å². The Morgan fingerprint density at radius 1 is 1.16 bits per heavy atom. The van der Waals surface area contributed by atoms with Gasteiger partial charge in [-0.2, -0.15) is 0 Å². The Labute approximate surface area is 182 Å². The lowest BCUT2D eigenvalue weighted by atomic mass is 9.87. The summed E-state index contributed by atoms with van der Waals surface area (Å²) in [6, 6.07) is 4.58. The van der Waals surface area contributed by atoms with Gasteiger partial charge in [0.25, 0.3) is 0 Å². The van der Waals surface area contributed by atoms with Gasteiger partial charge in [-0.25, -0.2) is 4.39 Å². The van der Waals surface area contributed by atoms with E-state index in [1.54, 1.807) is 0 Å². The second-order valence-electron chi connectivity index (χ2n) is 9.22. The van der Waals surface area contributed by atoms with Crippen molar-refractivity contribution in [1.82, 2.24) is 15.5 Å². The summed E-state index contributed by atoms with van der Waals surface area (Å²) in [6.45, 7) is 4.47. The van der Waals surface area contributed by atoms with Gasteiger partial charge in [0.2, 0.25) is 11.8 Å². The van der Waals surface area contributed by atoms with E-state index in [-0.39, 0.29) is 30.0 Å². The van der Waals surface area contributed by atoms with Crippen molar-refractivity contribution in [2.75, 3.05) is 38.0 Å². The molecule has 1 atom stereocenters. The third-order valence-electron chi connectivity index (χ3n) is 7.04. The van der Waals surface area contributed by atoms with Crippen LogP contribution in [-0.4, -0.2) is 66.2 Å². The molecule has 170 valence electrons. The van der Waals surface area contributed by atoms with E-state index in [0.717, 1.165) is 70.4 Å². The van der Waals surface area contributed by atoms with Gasteiger partial charge in [-0.15, -0.1) is 0 Å². The Hall–Kier alpha value is -2.03. The molecular formula is C23H33FN4O3. The molecule has 3 fully saturated rings. The molecule has 1 unspecified atom stereocenters. The quantitative estimate of drug-likeness (QED) is 0.512. The maximum Gasteiger partial charge on any atom is 0.249 e. The summed E-state index contributed by atoms with van der Waals surface area (Å²) in [6.07, 6.45) is 4.93. The fourth-order valence-electron chi connectivity index (χ4n) is 4.96. The number of halogens is 1. The van der Waals surface area contributed by atoms with Gasteiger partial charge in [0, 0.05) is 18.7 Å². The van der Waals surface area contributed by atoms with E-state index in [1.165, 1.54) is 6.07 Å². The maximum absolute atomic E-state index is 14.8. The van der Waals surface area contributed by atoms with E-state index in [1.807, 2.05) is 12.1 Å². The van der Waals surface area contributed by atoms with Gasteiger partial charge in [-0.05, 0) is 88.3 Å². The fraction of sp³-hybridized carbons (Fsp3) is 0.652. The van der Waals surface area contributed by atoms with Crippen LogP contribution in [0.3, 0.4) is 0 Å². The summed E-state index contributed by atoms with van der Waals surface area (Å²) >= 11 is 0. The molecule has 0 saturated carbocycles. The van der Waals surface area contributed by atoms with Crippen molar-refractivity contribution < 1.29 is 19.1 Å². The normalized spacial score (nSPS) is 25.3. The highest BCUT2D eigenvalue weighted by Gasteiger charge is 2.31. The van der Waals surface area contributed by atoms with Crippen LogP contribution < -0.4 is 16.0 Å². The number of carbonyl (C=O) groups excluding carboxylic acids is 2. The number of nitrogens with one attached hydrogen (secondary N) is 3. The van der Waals surface area contributed by atoms with Gasteiger partial charge in [-0.1, -0.05) is 6.07 Å². The number of imide groups is 1. The van der Waals surface area contributed by atoms with Gasteiger partial charge in [0.05, 0.1) is 5.60 Å². The van der Waals surface area contributed by atoms with Crippen molar-refractivity contribution in [2.45, 2.75) is 62.5 Å². The molecule has 3 saturated heterocycles. The number of anilines is 1. The second-order valence-corrected chi connectivity index (χ2v) is 9.22. The van der Waals surface area contributed by atoms with Crippen molar-refractivity contribution in [3.8, 4) is 0 Å². The molecule has 0 bridgehead atoms. The van der Waals surface area contributed by atoms with Crippen molar-refractivity contribution in [2.24, 2.45) is 0 Å². The third kappa shape index (κ3) is 5.61. The van der Waals surface area contributed by atoms with Crippen LogP contribution >= 0.6 is 0 Å². The maximum atomic E-state index is 14.8. The molecule has 31 heavy (non-hydrogen) atoms. The van der Waals surface area contributed by atoms with Gasteiger partial charge < -0.3 is 20.6 Å². The minimum atomic E-state index is -0.542. The topological polar surface area (TPSA) is 93.7 Å². The smallest absolute Gasteiger partial charge is 0.249 e. The Bertz CT molecular complexity index is 804. The van der Waals surface area contributed by atoms with Gasteiger partial charge >= 0.3 is 0 Å². The number of amides is 2. The summed E-state index contributed by atoms with van der Waals surface area (Å²) in [7, 11) is 0. The summed E-state index contributed by atoms with van der Waals surface area (Å²) in [5.74, 6) is -0.689. The lowest BCUT2D eigenvalue weighted by Gasteiger charge is -2.37. The Morgan fingerprint density at radius 3 is 2.58 bits per heavy atom. The van der Waals surface area contributed by atoms with Gasteiger partial charge in [0.1, 0.15) is 11.9 Å². The summed E-state index contributed by atoms with van der Waals surface area (Å²) in [4.78, 5) is 25.6. The first-order chi connectivity index (χ1) is 14.9. The van der Waals surface area contributed by atoms with E-state index in [2.05, 4.69) is 20.9 Å². The van der Waals surface area contributed by atoms with Crippen LogP contribution in [0.2, 0.25) is 0 Å². The number of likely N-dealkylation sites (tertiary alicyclic amines) is 1. The minimum absolute atomic E-state index is 0.183. The summed E-state index contributed by atoms with van der Waals surface area (Å²) in [5, 5.41) is 19.3. The molecule has 3 aliphatic rings. The molecule has 1 aromatic carbocycles. The molecule has 2 amide bonds. The molecule has 3 aliphatic heterocycles. The van der Waals surface area contributed by atoms with E-state index in [0.29, 0.717) is 12.1 Å². The van der Waals surface area contributed by atoms with Gasteiger partial charge in [-0.3, -0.25) is 14.9 Å². The van der Waals surface area contributed by atoms with E-state index >= 15 is 0 Å². The Morgan fingerprint density at radius 2 is 1.90 bits per heavy atom. The van der Waals surface area contributed by atoms with Crippen LogP contribution in [0.4, 0.5) is 10.1 Å². The van der Waals surface area contributed by atoms with Crippen LogP contribution in [-0.2, 0) is 9.59 Å². The van der Waals surface area contributed by atoms with Crippen LogP contribution in [0.1, 0.15) is 56.4 Å². The summed E-state index contributed by atoms with van der Waals surface area (Å²) in [5.41, 5.74) is 0.744. The summed E-state index contributed by atoms with van der Waals surface area (Å²) < 4.78 is 14.8. The van der Waals surface area contributed by atoms with E-state index in [9.17, 15) is 19.1 Å². The minimum Gasteiger partial charge on any atom is -0.390 e. The average molecular weight is 433 g/mol. The first-order valence-corrected chi connectivity index (χ1v) is 11.5. The monoisotopic (exact) mass is 432 g/mol. The predicted molar refractivity (Wildman–Crippen MR) is 116 cm³/mol. The SMILES string of the molecule is O=C1CCC(Nc2ccc(C3CCN(CCC4(O)CCNCC4)CC3)c(F)c2)C(=O)N1. The number of rotatable bonds is 6. The number of piperidine rings is 3. The number of hydrogen-bond acceptors (Lipinski definition) is 6. The molecule has 7 nitrogen and oxygen atoms in total. The zero-order valence-electron chi connectivity index (χ0n) is 18.0. The highest BCUT2D eigenvalue weighted by molar-refractivity contribution is 6.01. The largest absolute Gasteiger partial charge is 0.390 e. The molecule has 0 spiro atoms. The molecule has 4 N–H and O–H groups in total.